The van der Waals surface area contributed by atoms with Gasteiger partial charge in [-0.1, -0.05) is 32.4 Å². The van der Waals surface area contributed by atoms with Gasteiger partial charge in [0.2, 0.25) is 0 Å². The van der Waals surface area contributed by atoms with Crippen LogP contribution in [0.2, 0.25) is 0 Å². The first-order valence-corrected chi connectivity index (χ1v) is 9.39. The zero-order chi connectivity index (χ0) is 18.5. The maximum absolute atomic E-state index is 10.6. The van der Waals surface area contributed by atoms with Gasteiger partial charge in [0, 0.05) is 5.56 Å². The molecule has 1 fully saturated rings. The van der Waals surface area contributed by atoms with Gasteiger partial charge in [-0.25, -0.2) is 18.6 Å². The van der Waals surface area contributed by atoms with Crippen LogP contribution in [0.4, 0.5) is 0 Å². The molecule has 6 nitrogen and oxygen atoms in total. The summed E-state index contributed by atoms with van der Waals surface area (Å²) in [5.74, 6) is 0.524. The summed E-state index contributed by atoms with van der Waals surface area (Å²) < 4.78 is 34.0. The molecule has 1 aliphatic heterocycles. The first kappa shape index (κ1) is 21.2. The summed E-state index contributed by atoms with van der Waals surface area (Å²) >= 11 is 0. The number of aromatic hydroxyl groups is 1. The van der Waals surface area contributed by atoms with Gasteiger partial charge in [-0.3, -0.25) is 0 Å². The van der Waals surface area contributed by atoms with E-state index in [0.717, 1.165) is 17.7 Å². The molecule has 7 heteroatoms. The number of hydrogen-bond donors (Lipinski definition) is 2. The van der Waals surface area contributed by atoms with Crippen molar-refractivity contribution in [3.8, 4) is 5.75 Å². The Morgan fingerprint density at radius 3 is 2.00 bits per heavy atom. The van der Waals surface area contributed by atoms with Gasteiger partial charge in [0.05, 0.1) is 13.1 Å². The van der Waals surface area contributed by atoms with Crippen molar-refractivity contribution >= 4 is 0 Å². The zero-order valence-electron chi connectivity index (χ0n) is 14.9. The van der Waals surface area contributed by atoms with Gasteiger partial charge < -0.3 is 10.0 Å². The number of phenols is 1. The molecular weight excluding hydrogens is 334 g/mol. The summed E-state index contributed by atoms with van der Waals surface area (Å²) in [5, 5.41) is 10.6. The largest absolute Gasteiger partial charge is 0.507 e. The van der Waals surface area contributed by atoms with Gasteiger partial charge in [-0.2, -0.15) is 0 Å². The highest BCUT2D eigenvalue weighted by Crippen LogP contribution is 2.34. The van der Waals surface area contributed by atoms with Crippen molar-refractivity contribution < 1.29 is 38.9 Å². The lowest BCUT2D eigenvalue weighted by Crippen LogP contribution is -3.11. The highest BCUT2D eigenvalue weighted by Gasteiger charge is 2.23. The number of piperidine rings is 1. The third-order valence-corrected chi connectivity index (χ3v) is 4.14. The third-order valence-electron chi connectivity index (χ3n) is 4.14. The predicted molar refractivity (Wildman–Crippen MR) is 79.8 cm³/mol. The smallest absolute Gasteiger partial charge is 0.128 e. The molecule has 0 aromatic heterocycles. The van der Waals surface area contributed by atoms with Crippen molar-refractivity contribution in [1.29, 1.82) is 0 Å². The van der Waals surface area contributed by atoms with Crippen LogP contribution < -0.4 is 23.5 Å². The number of rotatable bonds is 2. The lowest BCUT2D eigenvalue weighted by atomic mass is 9.84. The lowest BCUT2D eigenvalue weighted by Gasteiger charge is -2.26. The number of nitrogens with one attached hydrogen (secondary N) is 1. The van der Waals surface area contributed by atoms with Gasteiger partial charge in [0.15, 0.2) is 0 Å². The predicted octanol–water partition coefficient (Wildman–Crippen LogP) is -2.19. The number of phenolic OH excluding ortho intramolecular Hbond substituents is 1. The fourth-order valence-electron chi connectivity index (χ4n) is 3.06. The Balaban J connectivity index is 0.000000505. The van der Waals surface area contributed by atoms with E-state index >= 15 is 0 Å². The topological polar surface area (TPSA) is 117 Å². The number of likely N-dealkylation sites (tertiary alicyclic amines) is 1. The van der Waals surface area contributed by atoms with Gasteiger partial charge in [-0.05, 0) is 43.2 Å². The number of halogens is 1. The molecule has 1 aliphatic rings. The van der Waals surface area contributed by atoms with Crippen molar-refractivity contribution in [3.63, 3.8) is 0 Å². The molecule has 2 N–H and O–H groups in total. The minimum absolute atomic E-state index is 0.00207. The molecule has 1 aromatic carbocycles. The van der Waals surface area contributed by atoms with Gasteiger partial charge in [-0.15, -0.1) is 10.2 Å². The van der Waals surface area contributed by atoms with Crippen LogP contribution in [-0.2, 0) is 12.0 Å². The van der Waals surface area contributed by atoms with E-state index < -0.39 is 10.2 Å². The molecule has 0 atom stereocenters. The molecule has 2 rings (SSSR count). The maximum atomic E-state index is 10.6. The third kappa shape index (κ3) is 7.79. The fourth-order valence-corrected chi connectivity index (χ4v) is 3.06. The SMILES string of the molecule is Cc1cc(C[NH+]2CCCCC2)c(O)c(C(C)(C)C)c1.[O-][Cl+3]([O-])([O-])[O-]. The Labute approximate surface area is 146 Å². The molecule has 1 saturated heterocycles. The first-order chi connectivity index (χ1) is 10.9. The second kappa shape index (κ2) is 8.47. The van der Waals surface area contributed by atoms with Crippen molar-refractivity contribution in [1.82, 2.24) is 0 Å². The number of quaternary nitrogens is 1. The van der Waals surface area contributed by atoms with E-state index in [1.807, 2.05) is 0 Å². The van der Waals surface area contributed by atoms with Crippen LogP contribution in [-0.4, -0.2) is 18.2 Å². The van der Waals surface area contributed by atoms with Crippen LogP contribution in [0, 0.1) is 17.2 Å². The van der Waals surface area contributed by atoms with E-state index in [4.69, 9.17) is 18.6 Å². The average molecular weight is 362 g/mol. The van der Waals surface area contributed by atoms with Crippen LogP contribution in [0.1, 0.15) is 56.7 Å². The summed E-state index contributed by atoms with van der Waals surface area (Å²) in [5.41, 5.74) is 3.47. The van der Waals surface area contributed by atoms with E-state index in [1.165, 1.54) is 37.9 Å². The summed E-state index contributed by atoms with van der Waals surface area (Å²) in [6.45, 7) is 12.1. The molecule has 0 bridgehead atoms. The molecule has 0 unspecified atom stereocenters. The van der Waals surface area contributed by atoms with Gasteiger partial charge >= 0.3 is 0 Å². The highest BCUT2D eigenvalue weighted by molar-refractivity contribution is 5.46. The van der Waals surface area contributed by atoms with E-state index in [-0.39, 0.29) is 5.41 Å². The molecule has 0 saturated carbocycles. The first-order valence-electron chi connectivity index (χ1n) is 8.16. The Kier molecular flexibility index (Phi) is 7.46. The van der Waals surface area contributed by atoms with Crippen LogP contribution in [0.25, 0.3) is 0 Å². The molecule has 24 heavy (non-hydrogen) atoms. The summed E-state index contributed by atoms with van der Waals surface area (Å²) in [6, 6.07) is 4.29. The Hall–Kier alpha value is -0.890. The Bertz CT molecular complexity index is 525. The quantitative estimate of drug-likeness (QED) is 0.620. The minimum atomic E-state index is -4.94. The standard InChI is InChI=1S/C17H27NO.ClHO4/c1-13-10-14(12-18-8-6-5-7-9-18)16(19)15(11-13)17(2,3)4;2-1(3,4)5/h10-11,19H,5-9,12H2,1-4H3;(H,2,3,4,5). The molecule has 138 valence electrons. The molecule has 1 aromatic rings. The number of benzene rings is 1. The summed E-state index contributed by atoms with van der Waals surface area (Å²) in [4.78, 5) is 1.62. The van der Waals surface area contributed by atoms with Crippen LogP contribution >= 0.6 is 0 Å². The summed E-state index contributed by atoms with van der Waals surface area (Å²) in [6.07, 6.45) is 4.03. The molecule has 0 amide bonds. The second-order valence-electron chi connectivity index (χ2n) is 7.44. The van der Waals surface area contributed by atoms with Gasteiger partial charge in [0.1, 0.15) is 12.3 Å². The fraction of sp³-hybridized carbons (Fsp3) is 0.647. The van der Waals surface area contributed by atoms with Crippen LogP contribution in [0.5, 0.6) is 5.75 Å². The number of aryl methyl sites for hydroxylation is 1. The van der Waals surface area contributed by atoms with E-state index in [0.29, 0.717) is 5.75 Å². The minimum Gasteiger partial charge on any atom is -0.507 e. The summed E-state index contributed by atoms with van der Waals surface area (Å²) in [7, 11) is -4.94. The molecule has 1 heterocycles. The van der Waals surface area contributed by atoms with Crippen molar-refractivity contribution in [2.24, 2.45) is 0 Å². The van der Waals surface area contributed by atoms with Crippen molar-refractivity contribution in [3.05, 3.63) is 28.8 Å². The molecular formula is C17H28ClNO5. The second-order valence-corrected chi connectivity index (χ2v) is 8.19. The molecule has 0 spiro atoms. The number of hydrogen-bond acceptors (Lipinski definition) is 5. The normalized spacial score (nSPS) is 16.5. The monoisotopic (exact) mass is 361 g/mol. The van der Waals surface area contributed by atoms with E-state index in [2.05, 4.69) is 39.8 Å². The van der Waals surface area contributed by atoms with Crippen LogP contribution in [0.3, 0.4) is 0 Å². The van der Waals surface area contributed by atoms with Crippen molar-refractivity contribution in [2.75, 3.05) is 13.1 Å². The lowest BCUT2D eigenvalue weighted by molar-refractivity contribution is -2.00. The van der Waals surface area contributed by atoms with Crippen LogP contribution in [0.15, 0.2) is 12.1 Å². The molecule has 0 aliphatic carbocycles. The zero-order valence-corrected chi connectivity index (χ0v) is 15.6. The van der Waals surface area contributed by atoms with Gasteiger partial charge in [0.25, 0.3) is 0 Å². The van der Waals surface area contributed by atoms with Crippen molar-refractivity contribution in [2.45, 2.75) is 58.9 Å². The van der Waals surface area contributed by atoms with E-state index in [9.17, 15) is 5.11 Å². The molecule has 0 radical (unpaired) electrons. The maximum Gasteiger partial charge on any atom is 0.128 e. The van der Waals surface area contributed by atoms with E-state index in [1.54, 1.807) is 4.90 Å². The Morgan fingerprint density at radius 1 is 1.04 bits per heavy atom. The highest BCUT2D eigenvalue weighted by atomic mass is 35.7. The average Bonchev–Trinajstić information content (AvgIpc) is 2.40. The Morgan fingerprint density at radius 2 is 1.54 bits per heavy atom.